The molecule has 0 bridgehead atoms. The highest BCUT2D eigenvalue weighted by Gasteiger charge is 2.27. The number of nitrogens with one attached hydrogen (secondary N) is 1. The molecule has 5 heteroatoms. The third kappa shape index (κ3) is 2.62. The van der Waals surface area contributed by atoms with E-state index in [1.54, 1.807) is 0 Å². The maximum Gasteiger partial charge on any atom is 0.146 e. The van der Waals surface area contributed by atoms with Crippen LogP contribution in [0.4, 0.5) is 5.82 Å². The van der Waals surface area contributed by atoms with Gasteiger partial charge in [0.05, 0.1) is 5.56 Å². The van der Waals surface area contributed by atoms with Crippen molar-refractivity contribution < 1.29 is 0 Å². The van der Waals surface area contributed by atoms with Crippen molar-refractivity contribution in [2.75, 3.05) is 44.2 Å². The van der Waals surface area contributed by atoms with E-state index in [4.69, 9.17) is 0 Å². The van der Waals surface area contributed by atoms with Gasteiger partial charge in [0.15, 0.2) is 0 Å². The first-order valence-electron chi connectivity index (χ1n) is 7.35. The molecular weight excluding hydrogens is 250 g/mol. The summed E-state index contributed by atoms with van der Waals surface area (Å²) in [5.41, 5.74) is 1.66. The first kappa shape index (κ1) is 13.3. The average molecular weight is 271 g/mol. The standard InChI is InChI=1S/C15H21N5/c1-12-2-3-13(10-16)15(18-12)20-8-6-19(7-9-20)14-4-5-17-11-14/h2-3,14,17H,4-9,11H2,1H3. The normalized spacial score (nSPS) is 23.8. The Hall–Kier alpha value is -1.64. The minimum absolute atomic E-state index is 0.687. The third-order valence-electron chi connectivity index (χ3n) is 4.30. The average Bonchev–Trinajstić information content (AvgIpc) is 3.02. The van der Waals surface area contributed by atoms with Crippen LogP contribution >= 0.6 is 0 Å². The van der Waals surface area contributed by atoms with Crippen LogP contribution in [0.25, 0.3) is 0 Å². The SMILES string of the molecule is Cc1ccc(C#N)c(N2CCN(C3CCNC3)CC2)n1. The largest absolute Gasteiger partial charge is 0.353 e. The smallest absolute Gasteiger partial charge is 0.146 e. The van der Waals surface area contributed by atoms with E-state index in [9.17, 15) is 5.26 Å². The first-order chi connectivity index (χ1) is 9.78. The van der Waals surface area contributed by atoms with E-state index in [0.29, 0.717) is 11.6 Å². The van der Waals surface area contributed by atoms with Gasteiger partial charge in [-0.1, -0.05) is 0 Å². The Morgan fingerprint density at radius 1 is 1.30 bits per heavy atom. The Kier molecular flexibility index (Phi) is 3.86. The number of nitrogens with zero attached hydrogens (tertiary/aromatic N) is 4. The predicted molar refractivity (Wildman–Crippen MR) is 78.7 cm³/mol. The van der Waals surface area contributed by atoms with Crippen LogP contribution in [0.2, 0.25) is 0 Å². The summed E-state index contributed by atoms with van der Waals surface area (Å²) >= 11 is 0. The molecule has 106 valence electrons. The third-order valence-corrected chi connectivity index (χ3v) is 4.30. The summed E-state index contributed by atoms with van der Waals surface area (Å²) in [7, 11) is 0. The van der Waals surface area contributed by atoms with E-state index in [2.05, 4.69) is 26.2 Å². The summed E-state index contributed by atoms with van der Waals surface area (Å²) in [5.74, 6) is 0.858. The molecule has 0 aromatic carbocycles. The Balaban J connectivity index is 1.69. The second-order valence-electron chi connectivity index (χ2n) is 5.61. The van der Waals surface area contributed by atoms with Gasteiger partial charge < -0.3 is 10.2 Å². The molecule has 0 aliphatic carbocycles. The lowest BCUT2D eigenvalue weighted by molar-refractivity contribution is 0.196. The topological polar surface area (TPSA) is 55.2 Å². The van der Waals surface area contributed by atoms with Gasteiger partial charge in [0.1, 0.15) is 11.9 Å². The maximum absolute atomic E-state index is 9.23. The van der Waals surface area contributed by atoms with E-state index in [1.807, 2.05) is 19.1 Å². The fourth-order valence-corrected chi connectivity index (χ4v) is 3.12. The molecule has 1 aromatic rings. The van der Waals surface area contributed by atoms with E-state index in [-0.39, 0.29) is 0 Å². The van der Waals surface area contributed by atoms with Gasteiger partial charge in [-0.2, -0.15) is 5.26 Å². The molecule has 3 rings (SSSR count). The summed E-state index contributed by atoms with van der Waals surface area (Å²) in [4.78, 5) is 9.38. The monoisotopic (exact) mass is 271 g/mol. The molecule has 2 fully saturated rings. The second kappa shape index (κ2) is 5.78. The Morgan fingerprint density at radius 2 is 2.10 bits per heavy atom. The zero-order valence-corrected chi connectivity index (χ0v) is 12.0. The number of piperazine rings is 1. The highest BCUT2D eigenvalue weighted by Crippen LogP contribution is 2.21. The minimum Gasteiger partial charge on any atom is -0.353 e. The molecule has 2 aliphatic heterocycles. The number of hydrogen-bond donors (Lipinski definition) is 1. The molecule has 1 aromatic heterocycles. The van der Waals surface area contributed by atoms with Crippen LogP contribution in [0, 0.1) is 18.3 Å². The molecule has 1 atom stereocenters. The van der Waals surface area contributed by atoms with Crippen molar-refractivity contribution in [1.29, 1.82) is 5.26 Å². The minimum atomic E-state index is 0.687. The number of aromatic nitrogens is 1. The van der Waals surface area contributed by atoms with Gasteiger partial charge in [-0.15, -0.1) is 0 Å². The molecule has 3 heterocycles. The Labute approximate surface area is 120 Å². The summed E-state index contributed by atoms with van der Waals surface area (Å²) in [6.07, 6.45) is 1.26. The second-order valence-corrected chi connectivity index (χ2v) is 5.61. The van der Waals surface area contributed by atoms with Crippen LogP contribution in [0.3, 0.4) is 0 Å². The van der Waals surface area contributed by atoms with Crippen LogP contribution in [-0.2, 0) is 0 Å². The Bertz CT molecular complexity index is 507. The Morgan fingerprint density at radius 3 is 2.75 bits per heavy atom. The zero-order valence-electron chi connectivity index (χ0n) is 12.0. The van der Waals surface area contributed by atoms with Crippen molar-refractivity contribution >= 4 is 5.82 Å². The summed E-state index contributed by atoms with van der Waals surface area (Å²) in [5, 5.41) is 12.7. The van der Waals surface area contributed by atoms with E-state index < -0.39 is 0 Å². The highest BCUT2D eigenvalue weighted by atomic mass is 15.3. The lowest BCUT2D eigenvalue weighted by Gasteiger charge is -2.38. The number of anilines is 1. The molecule has 20 heavy (non-hydrogen) atoms. The van der Waals surface area contributed by atoms with Crippen LogP contribution < -0.4 is 10.2 Å². The van der Waals surface area contributed by atoms with Crippen LogP contribution in [0.5, 0.6) is 0 Å². The maximum atomic E-state index is 9.23. The van der Waals surface area contributed by atoms with Crippen LogP contribution in [0.15, 0.2) is 12.1 Å². The van der Waals surface area contributed by atoms with Crippen molar-refractivity contribution in [1.82, 2.24) is 15.2 Å². The molecule has 1 unspecified atom stereocenters. The van der Waals surface area contributed by atoms with E-state index >= 15 is 0 Å². The molecule has 0 spiro atoms. The number of aryl methyl sites for hydroxylation is 1. The number of hydrogen-bond acceptors (Lipinski definition) is 5. The van der Waals surface area contributed by atoms with Gasteiger partial charge in [-0.25, -0.2) is 4.98 Å². The highest BCUT2D eigenvalue weighted by molar-refractivity contribution is 5.54. The van der Waals surface area contributed by atoms with E-state index in [1.165, 1.54) is 6.42 Å². The summed E-state index contributed by atoms with van der Waals surface area (Å²) in [6, 6.07) is 6.74. The number of nitriles is 1. The van der Waals surface area contributed by atoms with Crippen molar-refractivity contribution in [2.24, 2.45) is 0 Å². The van der Waals surface area contributed by atoms with Crippen molar-refractivity contribution in [3.63, 3.8) is 0 Å². The molecule has 0 amide bonds. The van der Waals surface area contributed by atoms with Gasteiger partial charge in [-0.05, 0) is 32.0 Å². The lowest BCUT2D eigenvalue weighted by Crippen LogP contribution is -2.51. The van der Waals surface area contributed by atoms with Crippen molar-refractivity contribution in [2.45, 2.75) is 19.4 Å². The quantitative estimate of drug-likeness (QED) is 0.860. The van der Waals surface area contributed by atoms with Gasteiger partial charge in [-0.3, -0.25) is 4.90 Å². The molecule has 5 nitrogen and oxygen atoms in total. The number of pyridine rings is 1. The number of rotatable bonds is 2. The van der Waals surface area contributed by atoms with E-state index in [0.717, 1.165) is 50.8 Å². The molecule has 1 N–H and O–H groups in total. The summed E-state index contributed by atoms with van der Waals surface area (Å²) < 4.78 is 0. The molecule has 0 saturated carbocycles. The first-order valence-corrected chi connectivity index (χ1v) is 7.35. The van der Waals surface area contributed by atoms with Crippen molar-refractivity contribution in [3.8, 4) is 6.07 Å². The predicted octanol–water partition coefficient (Wildman–Crippen LogP) is 0.746. The molecule has 2 aliphatic rings. The fraction of sp³-hybridized carbons (Fsp3) is 0.600. The fourth-order valence-electron chi connectivity index (χ4n) is 3.12. The van der Waals surface area contributed by atoms with Crippen LogP contribution in [0.1, 0.15) is 17.7 Å². The zero-order chi connectivity index (χ0) is 13.9. The van der Waals surface area contributed by atoms with Crippen LogP contribution in [-0.4, -0.2) is 55.2 Å². The van der Waals surface area contributed by atoms with Gasteiger partial charge in [0, 0.05) is 44.5 Å². The van der Waals surface area contributed by atoms with Crippen molar-refractivity contribution in [3.05, 3.63) is 23.4 Å². The summed E-state index contributed by atoms with van der Waals surface area (Å²) in [6.45, 7) is 8.28. The molecular formula is C15H21N5. The van der Waals surface area contributed by atoms with Gasteiger partial charge in [0.2, 0.25) is 0 Å². The van der Waals surface area contributed by atoms with Gasteiger partial charge in [0.25, 0.3) is 0 Å². The molecule has 0 radical (unpaired) electrons. The van der Waals surface area contributed by atoms with Gasteiger partial charge >= 0.3 is 0 Å². The molecule has 2 saturated heterocycles. The lowest BCUT2D eigenvalue weighted by atomic mass is 10.1.